The number of hydrogen-bond donors (Lipinski definition) is 1. The third-order valence-electron chi connectivity index (χ3n) is 0. The summed E-state index contributed by atoms with van der Waals surface area (Å²) in [5.74, 6) is 0. The molecule has 0 atom stereocenters. The molecule has 0 radical (unpaired) electrons. The van der Waals surface area contributed by atoms with Crippen molar-refractivity contribution in [3.05, 3.63) is 15.3 Å². The van der Waals surface area contributed by atoms with Gasteiger partial charge in [0, 0.05) is 83.5 Å². The van der Waals surface area contributed by atoms with Crippen LogP contribution in [-0.4, -0.2) is 5.09 Å². The van der Waals surface area contributed by atoms with E-state index in [0.717, 1.165) is 0 Å². The van der Waals surface area contributed by atoms with Crippen LogP contribution in [0.25, 0.3) is 0 Å². The molecule has 0 aliphatic carbocycles. The van der Waals surface area contributed by atoms with Crippen molar-refractivity contribution < 1.29 is 88.6 Å². The molecule has 40 valence electrons. The molecule has 0 aromatic carbocycles. The molecular formula is H4Ce2N2O3. The zero-order valence-electron chi connectivity index (χ0n) is 3.67. The molecule has 0 heterocycles. The fourth-order valence-electron chi connectivity index (χ4n) is 0. The van der Waals surface area contributed by atoms with Crippen LogP contribution in [0.15, 0.2) is 0 Å². The molecule has 4 N–H and O–H groups in total. The van der Waals surface area contributed by atoms with Gasteiger partial charge in [-0.05, 0) is 0 Å². The van der Waals surface area contributed by atoms with Crippen LogP contribution in [0.3, 0.4) is 0 Å². The maximum Gasteiger partial charge on any atom is 0.0689 e. The second-order valence-electron chi connectivity index (χ2n) is 0.224. The first-order valence-corrected chi connectivity index (χ1v) is 0.548. The maximum absolute atomic E-state index is 8.25. The van der Waals surface area contributed by atoms with Crippen LogP contribution in [0.2, 0.25) is 0 Å². The molecule has 0 saturated heterocycles. The average molecular weight is 360 g/mol. The molecule has 0 saturated carbocycles. The Labute approximate surface area is 108 Å². The van der Waals surface area contributed by atoms with Crippen molar-refractivity contribution in [3.63, 3.8) is 0 Å². The molecule has 0 fully saturated rings. The van der Waals surface area contributed by atoms with E-state index in [1.165, 1.54) is 0 Å². The van der Waals surface area contributed by atoms with Crippen molar-refractivity contribution in [3.8, 4) is 0 Å². The summed E-state index contributed by atoms with van der Waals surface area (Å²) in [7, 11) is 0. The first kappa shape index (κ1) is 23.1. The Morgan fingerprint density at radius 3 is 1.14 bits per heavy atom. The van der Waals surface area contributed by atoms with Crippen molar-refractivity contribution in [2.75, 3.05) is 0 Å². The minimum atomic E-state index is -1.75. The SMILES string of the molecule is O=[N+]([O-])[O-].[Ce].[Ce].[NH4+]. The molecule has 0 aromatic rings. The molecule has 0 bridgehead atoms. The quantitative estimate of drug-likeness (QED) is 0.491. The minimum Gasteiger partial charge on any atom is -0.369 e. The van der Waals surface area contributed by atoms with Gasteiger partial charge in [0.05, 0.1) is 5.09 Å². The van der Waals surface area contributed by atoms with Crippen LogP contribution in [0.1, 0.15) is 0 Å². The summed E-state index contributed by atoms with van der Waals surface area (Å²) in [4.78, 5) is 8.25. The van der Waals surface area contributed by atoms with Crippen molar-refractivity contribution in [1.29, 1.82) is 0 Å². The fourth-order valence-corrected chi connectivity index (χ4v) is 0. The van der Waals surface area contributed by atoms with Crippen LogP contribution in [0, 0.1) is 98.8 Å². The molecule has 0 unspecified atom stereocenters. The van der Waals surface area contributed by atoms with E-state index in [9.17, 15) is 0 Å². The van der Waals surface area contributed by atoms with Crippen LogP contribution < -0.4 is 6.15 Å². The Morgan fingerprint density at radius 1 is 1.14 bits per heavy atom. The second-order valence-corrected chi connectivity index (χ2v) is 0.224. The summed E-state index contributed by atoms with van der Waals surface area (Å²) in [6.45, 7) is 0. The van der Waals surface area contributed by atoms with Gasteiger partial charge in [-0.3, -0.25) is 0 Å². The normalized spacial score (nSPS) is 3.43. The van der Waals surface area contributed by atoms with Crippen LogP contribution in [-0.2, 0) is 0 Å². The standard InChI is InChI=1S/2Ce.NO3.H3N/c;;2-1(3)4;/h;;;1H3/q;;-1;/p+1. The van der Waals surface area contributed by atoms with Gasteiger partial charge >= 0.3 is 0 Å². The number of rotatable bonds is 0. The monoisotopic (exact) mass is 360 g/mol. The smallest absolute Gasteiger partial charge is 0.0689 e. The Morgan fingerprint density at radius 2 is 1.14 bits per heavy atom. The average Bonchev–Trinajstić information content (AvgIpc) is 0.811. The van der Waals surface area contributed by atoms with Crippen molar-refractivity contribution >= 4 is 0 Å². The summed E-state index contributed by atoms with van der Waals surface area (Å²) in [5, 5.41) is 14.8. The third-order valence-corrected chi connectivity index (χ3v) is 0. The van der Waals surface area contributed by atoms with Gasteiger partial charge < -0.3 is 21.5 Å². The predicted molar refractivity (Wildman–Crippen MR) is 16.3 cm³/mol. The number of quaternary nitrogens is 1. The molecular weight excluding hydrogens is 356 g/mol. The van der Waals surface area contributed by atoms with E-state index in [4.69, 9.17) is 15.3 Å². The Balaban J connectivity index is -0.0000000150. The summed E-state index contributed by atoms with van der Waals surface area (Å²) >= 11 is 0. The Bertz CT molecular complexity index is 33.9. The number of nitrogens with zero attached hydrogens (tertiary/aromatic N) is 1. The fraction of sp³-hybridized carbons (Fsp3) is 0. The van der Waals surface area contributed by atoms with E-state index in [-0.39, 0.29) is 89.6 Å². The molecule has 7 heavy (non-hydrogen) atoms. The van der Waals surface area contributed by atoms with E-state index in [2.05, 4.69) is 0 Å². The van der Waals surface area contributed by atoms with Crippen LogP contribution in [0.4, 0.5) is 0 Å². The van der Waals surface area contributed by atoms with Gasteiger partial charge in [0.2, 0.25) is 0 Å². The molecule has 0 spiro atoms. The van der Waals surface area contributed by atoms with Gasteiger partial charge in [0.15, 0.2) is 0 Å². The molecule has 0 amide bonds. The summed E-state index contributed by atoms with van der Waals surface area (Å²) in [6, 6.07) is 0. The van der Waals surface area contributed by atoms with Gasteiger partial charge in [-0.2, -0.15) is 0 Å². The summed E-state index contributed by atoms with van der Waals surface area (Å²) in [5.41, 5.74) is 0. The molecule has 0 rings (SSSR count). The van der Waals surface area contributed by atoms with Gasteiger partial charge in [-0.15, -0.1) is 0 Å². The predicted octanol–water partition coefficient (Wildman–Crippen LogP) is 0.137. The van der Waals surface area contributed by atoms with Gasteiger partial charge in [-0.25, -0.2) is 0 Å². The van der Waals surface area contributed by atoms with Crippen LogP contribution in [0.5, 0.6) is 0 Å². The largest absolute Gasteiger partial charge is 0.369 e. The van der Waals surface area contributed by atoms with E-state index in [1.54, 1.807) is 0 Å². The molecule has 0 aliphatic rings. The first-order chi connectivity index (χ1) is 1.73. The van der Waals surface area contributed by atoms with Crippen molar-refractivity contribution in [2.45, 2.75) is 0 Å². The van der Waals surface area contributed by atoms with E-state index in [0.29, 0.717) is 0 Å². The summed E-state index contributed by atoms with van der Waals surface area (Å²) in [6.07, 6.45) is 0. The maximum atomic E-state index is 8.25. The van der Waals surface area contributed by atoms with Gasteiger partial charge in [-0.1, -0.05) is 0 Å². The van der Waals surface area contributed by atoms with Crippen molar-refractivity contribution in [1.82, 2.24) is 6.15 Å². The third kappa shape index (κ3) is 75.6. The second kappa shape index (κ2) is 15.7. The zero-order valence-corrected chi connectivity index (χ0v) is 9.95. The van der Waals surface area contributed by atoms with Gasteiger partial charge in [0.25, 0.3) is 0 Å². The van der Waals surface area contributed by atoms with E-state index in [1.807, 2.05) is 0 Å². The number of hydrogen-bond acceptors (Lipinski definition) is 3. The topological polar surface area (TPSA) is 103 Å². The molecule has 0 aliphatic heterocycles. The van der Waals surface area contributed by atoms with E-state index >= 15 is 0 Å². The summed E-state index contributed by atoms with van der Waals surface area (Å²) < 4.78 is 0. The van der Waals surface area contributed by atoms with Gasteiger partial charge in [0.1, 0.15) is 0 Å². The zero-order chi connectivity index (χ0) is 3.58. The molecule has 5 nitrogen and oxygen atoms in total. The molecule has 7 heteroatoms. The first-order valence-electron chi connectivity index (χ1n) is 0.548. The Kier molecular flexibility index (Phi) is 51.7. The van der Waals surface area contributed by atoms with E-state index < -0.39 is 5.09 Å². The van der Waals surface area contributed by atoms with Crippen molar-refractivity contribution in [2.24, 2.45) is 0 Å². The molecule has 0 aromatic heterocycles. The van der Waals surface area contributed by atoms with Crippen LogP contribution >= 0.6 is 0 Å². The Hall–Kier alpha value is 1.91. The minimum absolute atomic E-state index is 0.